The molecule has 1 atom stereocenters. The molecule has 1 aliphatic heterocycles. The van der Waals surface area contributed by atoms with Crippen LogP contribution in [0.25, 0.3) is 0 Å². The van der Waals surface area contributed by atoms with Gasteiger partial charge in [0.1, 0.15) is 11.5 Å². The lowest BCUT2D eigenvalue weighted by Gasteiger charge is -2.12. The molecular formula is C15H12N2O. The quantitative estimate of drug-likeness (QED) is 0.814. The van der Waals surface area contributed by atoms with Gasteiger partial charge in [0.15, 0.2) is 0 Å². The van der Waals surface area contributed by atoms with Crippen molar-refractivity contribution in [3.05, 3.63) is 77.0 Å². The predicted octanol–water partition coefficient (Wildman–Crippen LogP) is 2.74. The number of hydrogen-bond acceptors (Lipinski definition) is 3. The van der Waals surface area contributed by atoms with Crippen molar-refractivity contribution in [2.24, 2.45) is 0 Å². The van der Waals surface area contributed by atoms with Crippen LogP contribution in [0.15, 0.2) is 71.3 Å². The van der Waals surface area contributed by atoms with Crippen LogP contribution in [0.1, 0.15) is 18.3 Å². The summed E-state index contributed by atoms with van der Waals surface area (Å²) in [6.45, 7) is 0. The Bertz CT molecular complexity index is 623. The Labute approximate surface area is 105 Å². The smallest absolute Gasteiger partial charge is 0.213 e. The summed E-state index contributed by atoms with van der Waals surface area (Å²) in [4.78, 5) is 4.33. The zero-order chi connectivity index (χ0) is 11.9. The highest BCUT2D eigenvalue weighted by Gasteiger charge is 2.33. The van der Waals surface area contributed by atoms with Crippen molar-refractivity contribution >= 4 is 0 Å². The van der Waals surface area contributed by atoms with E-state index in [0.717, 1.165) is 23.6 Å². The van der Waals surface area contributed by atoms with E-state index in [0.29, 0.717) is 0 Å². The SMILES string of the molecule is C1=CCC2=C3NC(c4ccccn4)OC3=CC2=C1. The molecule has 1 aromatic rings. The van der Waals surface area contributed by atoms with Crippen molar-refractivity contribution in [3.8, 4) is 0 Å². The molecule has 2 heterocycles. The highest BCUT2D eigenvalue weighted by molar-refractivity contribution is 5.60. The molecule has 2 aliphatic carbocycles. The molecule has 3 heteroatoms. The number of hydrogen-bond donors (Lipinski definition) is 1. The summed E-state index contributed by atoms with van der Waals surface area (Å²) in [6, 6.07) is 5.86. The molecule has 0 saturated carbocycles. The molecule has 18 heavy (non-hydrogen) atoms. The van der Waals surface area contributed by atoms with E-state index in [1.807, 2.05) is 18.2 Å². The maximum Gasteiger partial charge on any atom is 0.213 e. The molecule has 1 fully saturated rings. The second-order valence-electron chi connectivity index (χ2n) is 4.51. The summed E-state index contributed by atoms with van der Waals surface area (Å²) >= 11 is 0. The van der Waals surface area contributed by atoms with Gasteiger partial charge in [0.2, 0.25) is 6.23 Å². The standard InChI is InChI=1S/C15H12N2O/c1-2-6-11-10(5-1)9-13-14(11)17-15(18-13)12-7-3-4-8-16-12/h1-5,7-9,15,17H,6H2. The van der Waals surface area contributed by atoms with Gasteiger partial charge >= 0.3 is 0 Å². The second kappa shape index (κ2) is 3.60. The van der Waals surface area contributed by atoms with Crippen molar-refractivity contribution < 1.29 is 4.74 Å². The van der Waals surface area contributed by atoms with Crippen molar-refractivity contribution in [1.82, 2.24) is 10.3 Å². The monoisotopic (exact) mass is 236 g/mol. The third-order valence-corrected chi connectivity index (χ3v) is 3.39. The maximum absolute atomic E-state index is 5.92. The van der Waals surface area contributed by atoms with E-state index in [1.165, 1.54) is 11.1 Å². The normalized spacial score (nSPS) is 23.9. The van der Waals surface area contributed by atoms with Crippen LogP contribution in [0.4, 0.5) is 0 Å². The molecule has 1 unspecified atom stereocenters. The number of ether oxygens (including phenoxy) is 1. The van der Waals surface area contributed by atoms with Gasteiger partial charge in [-0.1, -0.05) is 24.3 Å². The molecule has 1 N–H and O–H groups in total. The Morgan fingerprint density at radius 2 is 2.33 bits per heavy atom. The Kier molecular flexibility index (Phi) is 1.94. The Morgan fingerprint density at radius 3 is 3.22 bits per heavy atom. The lowest BCUT2D eigenvalue weighted by Crippen LogP contribution is -2.15. The third-order valence-electron chi connectivity index (χ3n) is 3.39. The predicted molar refractivity (Wildman–Crippen MR) is 68.1 cm³/mol. The van der Waals surface area contributed by atoms with Crippen molar-refractivity contribution in [1.29, 1.82) is 0 Å². The third kappa shape index (κ3) is 1.34. The number of aromatic nitrogens is 1. The van der Waals surface area contributed by atoms with Crippen LogP contribution in [0.3, 0.4) is 0 Å². The van der Waals surface area contributed by atoms with Crippen molar-refractivity contribution in [3.63, 3.8) is 0 Å². The van der Waals surface area contributed by atoms with Crippen LogP contribution in [-0.4, -0.2) is 4.98 Å². The Morgan fingerprint density at radius 1 is 1.33 bits per heavy atom. The minimum atomic E-state index is -0.160. The molecule has 3 aliphatic rings. The highest BCUT2D eigenvalue weighted by atomic mass is 16.5. The van der Waals surface area contributed by atoms with E-state index in [4.69, 9.17) is 4.74 Å². The van der Waals surface area contributed by atoms with Crippen LogP contribution in [0, 0.1) is 0 Å². The molecule has 1 saturated heterocycles. The fourth-order valence-electron chi connectivity index (χ4n) is 2.52. The average molecular weight is 236 g/mol. The highest BCUT2D eigenvalue weighted by Crippen LogP contribution is 2.41. The van der Waals surface area contributed by atoms with E-state index in [1.54, 1.807) is 6.20 Å². The summed E-state index contributed by atoms with van der Waals surface area (Å²) in [5.74, 6) is 0.940. The number of fused-ring (bicyclic) bond motifs is 2. The summed E-state index contributed by atoms with van der Waals surface area (Å²) < 4.78 is 5.92. The molecule has 88 valence electrons. The van der Waals surface area contributed by atoms with E-state index in [9.17, 15) is 0 Å². The molecule has 1 aromatic heterocycles. The lowest BCUT2D eigenvalue weighted by molar-refractivity contribution is 0.143. The van der Waals surface area contributed by atoms with Gasteiger partial charge in [-0.15, -0.1) is 0 Å². The Hall–Kier alpha value is -2.29. The molecule has 3 nitrogen and oxygen atoms in total. The first-order chi connectivity index (χ1) is 8.92. The first kappa shape index (κ1) is 9.71. The second-order valence-corrected chi connectivity index (χ2v) is 4.51. The number of allylic oxidation sites excluding steroid dienone is 6. The van der Waals surface area contributed by atoms with Crippen molar-refractivity contribution in [2.75, 3.05) is 0 Å². The summed E-state index contributed by atoms with van der Waals surface area (Å²) in [6.07, 6.45) is 11.1. The molecule has 0 spiro atoms. The number of rotatable bonds is 1. The van der Waals surface area contributed by atoms with Gasteiger partial charge in [0.05, 0.1) is 5.70 Å². The number of pyridine rings is 1. The average Bonchev–Trinajstić information content (AvgIpc) is 2.97. The van der Waals surface area contributed by atoms with Crippen LogP contribution < -0.4 is 5.32 Å². The zero-order valence-electron chi connectivity index (χ0n) is 9.76. The van der Waals surface area contributed by atoms with Gasteiger partial charge in [0, 0.05) is 6.20 Å². The van der Waals surface area contributed by atoms with Crippen LogP contribution in [-0.2, 0) is 4.74 Å². The molecule has 4 rings (SSSR count). The summed E-state index contributed by atoms with van der Waals surface area (Å²) in [7, 11) is 0. The van der Waals surface area contributed by atoms with Crippen LogP contribution in [0.2, 0.25) is 0 Å². The topological polar surface area (TPSA) is 34.2 Å². The van der Waals surface area contributed by atoms with Gasteiger partial charge in [-0.3, -0.25) is 4.98 Å². The van der Waals surface area contributed by atoms with Gasteiger partial charge in [-0.2, -0.15) is 0 Å². The summed E-state index contributed by atoms with van der Waals surface area (Å²) in [5.41, 5.74) is 4.62. The molecular weight excluding hydrogens is 224 g/mol. The van der Waals surface area contributed by atoms with Gasteiger partial charge in [-0.05, 0) is 35.8 Å². The minimum Gasteiger partial charge on any atom is -0.463 e. The van der Waals surface area contributed by atoms with E-state index < -0.39 is 0 Å². The van der Waals surface area contributed by atoms with Gasteiger partial charge in [0.25, 0.3) is 0 Å². The lowest BCUT2D eigenvalue weighted by atomic mass is 10.0. The van der Waals surface area contributed by atoms with Crippen LogP contribution >= 0.6 is 0 Å². The zero-order valence-corrected chi connectivity index (χ0v) is 9.76. The first-order valence-corrected chi connectivity index (χ1v) is 6.08. The van der Waals surface area contributed by atoms with Crippen LogP contribution in [0.5, 0.6) is 0 Å². The Balaban J connectivity index is 1.69. The van der Waals surface area contributed by atoms with Crippen molar-refractivity contribution in [2.45, 2.75) is 12.6 Å². The number of nitrogens with zero attached hydrogens (tertiary/aromatic N) is 1. The van der Waals surface area contributed by atoms with Gasteiger partial charge < -0.3 is 10.1 Å². The molecule has 0 radical (unpaired) electrons. The first-order valence-electron chi connectivity index (χ1n) is 6.08. The fraction of sp³-hybridized carbons (Fsp3) is 0.133. The summed E-state index contributed by atoms with van der Waals surface area (Å²) in [5, 5.41) is 3.42. The molecule has 0 aromatic carbocycles. The molecule has 0 bridgehead atoms. The van der Waals surface area contributed by atoms with E-state index >= 15 is 0 Å². The minimum absolute atomic E-state index is 0.160. The van der Waals surface area contributed by atoms with E-state index in [2.05, 4.69) is 34.6 Å². The largest absolute Gasteiger partial charge is 0.463 e. The molecule has 0 amide bonds. The van der Waals surface area contributed by atoms with Gasteiger partial charge in [-0.25, -0.2) is 0 Å². The maximum atomic E-state index is 5.92. The number of nitrogens with one attached hydrogen (secondary N) is 1. The van der Waals surface area contributed by atoms with E-state index in [-0.39, 0.29) is 6.23 Å². The fourth-order valence-corrected chi connectivity index (χ4v) is 2.52.